The first-order chi connectivity index (χ1) is 9.22. The van der Waals surface area contributed by atoms with Gasteiger partial charge in [-0.15, -0.1) is 0 Å². The lowest BCUT2D eigenvalue weighted by atomic mass is 10.0. The Morgan fingerprint density at radius 2 is 2.11 bits per heavy atom. The monoisotopic (exact) mass is 369 g/mol. The fourth-order valence-corrected chi connectivity index (χ4v) is 2.44. The minimum absolute atomic E-state index is 0.657. The van der Waals surface area contributed by atoms with Crippen molar-refractivity contribution in [3.63, 3.8) is 0 Å². The van der Waals surface area contributed by atoms with Crippen molar-refractivity contribution in [1.82, 2.24) is 4.98 Å². The molecule has 3 nitrogen and oxygen atoms in total. The van der Waals surface area contributed by atoms with Gasteiger partial charge in [-0.2, -0.15) is 0 Å². The molecule has 2 aromatic rings. The molecule has 0 aliphatic heterocycles. The SMILES string of the molecule is CCCOc1cncc(C(O)c2ccccc2I)c1. The predicted octanol–water partition coefficient (Wildman–Crippen LogP) is 3.56. The smallest absolute Gasteiger partial charge is 0.137 e. The van der Waals surface area contributed by atoms with E-state index in [1.165, 1.54) is 0 Å². The van der Waals surface area contributed by atoms with Crippen molar-refractivity contribution < 1.29 is 9.84 Å². The number of hydrogen-bond acceptors (Lipinski definition) is 3. The second-order valence-corrected chi connectivity index (χ2v) is 5.39. The summed E-state index contributed by atoms with van der Waals surface area (Å²) in [7, 11) is 0. The van der Waals surface area contributed by atoms with Crippen LogP contribution in [0.2, 0.25) is 0 Å². The van der Waals surface area contributed by atoms with Gasteiger partial charge in [0.25, 0.3) is 0 Å². The highest BCUT2D eigenvalue weighted by Gasteiger charge is 2.14. The Labute approximate surface area is 126 Å². The van der Waals surface area contributed by atoms with Gasteiger partial charge in [-0.3, -0.25) is 4.98 Å². The summed E-state index contributed by atoms with van der Waals surface area (Å²) in [5.41, 5.74) is 1.63. The van der Waals surface area contributed by atoms with E-state index in [0.717, 1.165) is 21.1 Å². The van der Waals surface area contributed by atoms with Crippen molar-refractivity contribution in [1.29, 1.82) is 0 Å². The van der Waals surface area contributed by atoms with Crippen LogP contribution in [0.1, 0.15) is 30.6 Å². The molecule has 1 N–H and O–H groups in total. The van der Waals surface area contributed by atoms with Gasteiger partial charge >= 0.3 is 0 Å². The summed E-state index contributed by atoms with van der Waals surface area (Å²) >= 11 is 2.22. The Kier molecular flexibility index (Phi) is 5.15. The Morgan fingerprint density at radius 3 is 2.84 bits per heavy atom. The number of rotatable bonds is 5. The van der Waals surface area contributed by atoms with E-state index < -0.39 is 6.10 Å². The number of ether oxygens (including phenoxy) is 1. The molecule has 0 saturated heterocycles. The van der Waals surface area contributed by atoms with Gasteiger partial charge in [0.1, 0.15) is 11.9 Å². The second-order valence-electron chi connectivity index (χ2n) is 4.23. The Balaban J connectivity index is 2.24. The highest BCUT2D eigenvalue weighted by Crippen LogP contribution is 2.27. The van der Waals surface area contributed by atoms with Crippen LogP contribution in [0.4, 0.5) is 0 Å². The van der Waals surface area contributed by atoms with E-state index >= 15 is 0 Å². The van der Waals surface area contributed by atoms with E-state index in [0.29, 0.717) is 12.4 Å². The number of pyridine rings is 1. The second kappa shape index (κ2) is 6.86. The summed E-state index contributed by atoms with van der Waals surface area (Å²) in [6.07, 6.45) is 3.61. The highest BCUT2D eigenvalue weighted by atomic mass is 127. The van der Waals surface area contributed by atoms with Gasteiger partial charge in [-0.25, -0.2) is 0 Å². The van der Waals surface area contributed by atoms with Crippen molar-refractivity contribution in [2.24, 2.45) is 0 Å². The van der Waals surface area contributed by atoms with Crippen molar-refractivity contribution in [3.8, 4) is 5.75 Å². The van der Waals surface area contributed by atoms with Crippen LogP contribution in [0.25, 0.3) is 0 Å². The van der Waals surface area contributed by atoms with Crippen LogP contribution >= 0.6 is 22.6 Å². The molecule has 0 aliphatic carbocycles. The number of aromatic nitrogens is 1. The number of halogens is 1. The third kappa shape index (κ3) is 3.67. The third-order valence-corrected chi connectivity index (χ3v) is 3.71. The van der Waals surface area contributed by atoms with Crippen LogP contribution in [-0.2, 0) is 0 Å². The van der Waals surface area contributed by atoms with Gasteiger partial charge in [0.05, 0.1) is 12.8 Å². The lowest BCUT2D eigenvalue weighted by Gasteiger charge is -2.14. The average molecular weight is 369 g/mol. The molecular weight excluding hydrogens is 353 g/mol. The summed E-state index contributed by atoms with van der Waals surface area (Å²) in [5.74, 6) is 0.698. The van der Waals surface area contributed by atoms with Crippen LogP contribution in [0.5, 0.6) is 5.75 Å². The van der Waals surface area contributed by atoms with E-state index in [2.05, 4.69) is 34.5 Å². The molecule has 0 aliphatic rings. The number of aliphatic hydroxyl groups excluding tert-OH is 1. The number of aliphatic hydroxyl groups is 1. The molecule has 0 radical (unpaired) electrons. The molecule has 0 saturated carbocycles. The Morgan fingerprint density at radius 1 is 1.32 bits per heavy atom. The van der Waals surface area contributed by atoms with Gasteiger partial charge in [0, 0.05) is 15.3 Å². The van der Waals surface area contributed by atoms with Crippen LogP contribution < -0.4 is 4.74 Å². The number of nitrogens with zero attached hydrogens (tertiary/aromatic N) is 1. The molecule has 4 heteroatoms. The predicted molar refractivity (Wildman–Crippen MR) is 83.2 cm³/mol. The first-order valence-corrected chi connectivity index (χ1v) is 7.30. The van der Waals surface area contributed by atoms with Crippen molar-refractivity contribution in [3.05, 3.63) is 57.4 Å². The zero-order chi connectivity index (χ0) is 13.7. The fraction of sp³-hybridized carbons (Fsp3) is 0.267. The van der Waals surface area contributed by atoms with Crippen LogP contribution in [0, 0.1) is 3.57 Å². The summed E-state index contributed by atoms with van der Waals surface area (Å²) < 4.78 is 6.57. The zero-order valence-corrected chi connectivity index (χ0v) is 12.9. The molecule has 1 atom stereocenters. The van der Waals surface area contributed by atoms with E-state index in [1.54, 1.807) is 12.4 Å². The number of hydrogen-bond donors (Lipinski definition) is 1. The molecule has 19 heavy (non-hydrogen) atoms. The van der Waals surface area contributed by atoms with Gasteiger partial charge in [0.15, 0.2) is 0 Å². The summed E-state index contributed by atoms with van der Waals surface area (Å²) in [6, 6.07) is 9.62. The maximum Gasteiger partial charge on any atom is 0.137 e. The first-order valence-electron chi connectivity index (χ1n) is 6.22. The largest absolute Gasteiger partial charge is 0.492 e. The minimum Gasteiger partial charge on any atom is -0.492 e. The summed E-state index contributed by atoms with van der Waals surface area (Å²) in [5, 5.41) is 10.4. The summed E-state index contributed by atoms with van der Waals surface area (Å²) in [4.78, 5) is 4.13. The van der Waals surface area contributed by atoms with Crippen molar-refractivity contribution >= 4 is 22.6 Å². The van der Waals surface area contributed by atoms with Gasteiger partial charge < -0.3 is 9.84 Å². The van der Waals surface area contributed by atoms with E-state index in [4.69, 9.17) is 4.74 Å². The van der Waals surface area contributed by atoms with Gasteiger partial charge in [-0.05, 0) is 46.7 Å². The summed E-state index contributed by atoms with van der Waals surface area (Å²) in [6.45, 7) is 2.71. The lowest BCUT2D eigenvalue weighted by Crippen LogP contribution is -2.03. The Bertz CT molecular complexity index is 545. The Hall–Kier alpha value is -1.14. The molecule has 100 valence electrons. The molecule has 0 bridgehead atoms. The standard InChI is InChI=1S/C15H16INO2/c1-2-7-19-12-8-11(9-17-10-12)15(18)13-5-3-4-6-14(13)16/h3-6,8-10,15,18H,2,7H2,1H3. The molecule has 1 aromatic carbocycles. The molecule has 0 amide bonds. The lowest BCUT2D eigenvalue weighted by molar-refractivity contribution is 0.218. The van der Waals surface area contributed by atoms with Crippen LogP contribution in [0.15, 0.2) is 42.7 Å². The molecule has 1 heterocycles. The van der Waals surface area contributed by atoms with Crippen molar-refractivity contribution in [2.45, 2.75) is 19.4 Å². The molecule has 2 rings (SSSR count). The molecule has 1 aromatic heterocycles. The van der Waals surface area contributed by atoms with E-state index in [1.807, 2.05) is 30.3 Å². The topological polar surface area (TPSA) is 42.4 Å². The van der Waals surface area contributed by atoms with Crippen LogP contribution in [-0.4, -0.2) is 16.7 Å². The quantitative estimate of drug-likeness (QED) is 0.820. The molecule has 0 fully saturated rings. The average Bonchev–Trinajstić information content (AvgIpc) is 2.45. The molecule has 1 unspecified atom stereocenters. The van der Waals surface area contributed by atoms with Gasteiger partial charge in [-0.1, -0.05) is 25.1 Å². The highest BCUT2D eigenvalue weighted by molar-refractivity contribution is 14.1. The van der Waals surface area contributed by atoms with Crippen molar-refractivity contribution in [2.75, 3.05) is 6.61 Å². The zero-order valence-electron chi connectivity index (χ0n) is 10.7. The first kappa shape index (κ1) is 14.3. The maximum absolute atomic E-state index is 10.4. The molecule has 0 spiro atoms. The molecular formula is C15H16INO2. The van der Waals surface area contributed by atoms with Crippen LogP contribution in [0.3, 0.4) is 0 Å². The van der Waals surface area contributed by atoms with E-state index in [9.17, 15) is 5.11 Å². The minimum atomic E-state index is -0.675. The van der Waals surface area contributed by atoms with Gasteiger partial charge in [0.2, 0.25) is 0 Å². The van der Waals surface area contributed by atoms with E-state index in [-0.39, 0.29) is 0 Å². The fourth-order valence-electron chi connectivity index (χ4n) is 1.76. The number of benzene rings is 1. The third-order valence-electron chi connectivity index (χ3n) is 2.72. The normalized spacial score (nSPS) is 12.2. The maximum atomic E-state index is 10.4.